The lowest BCUT2D eigenvalue weighted by atomic mass is 10.2. The molecule has 2 N–H and O–H groups in total. The van der Waals surface area contributed by atoms with Gasteiger partial charge in [0.05, 0.1) is 5.69 Å². The van der Waals surface area contributed by atoms with Gasteiger partial charge in [0.2, 0.25) is 5.96 Å². The number of anilines is 1. The first-order chi connectivity index (χ1) is 9.20. The fraction of sp³-hybridized carbons (Fsp3) is 0.188. The number of rotatable bonds is 3. The number of para-hydroxylation sites is 1. The molecule has 0 aliphatic carbocycles. The molecule has 3 nitrogen and oxygen atoms in total. The molecule has 0 aliphatic rings. The third-order valence-corrected chi connectivity index (χ3v) is 2.94. The largest absolute Gasteiger partial charge is 0.369 e. The van der Waals surface area contributed by atoms with Gasteiger partial charge in [-0.05, 0) is 38.1 Å². The van der Waals surface area contributed by atoms with Crippen LogP contribution in [0, 0.1) is 6.92 Å². The first kappa shape index (κ1) is 13.1. The van der Waals surface area contributed by atoms with Crippen molar-refractivity contribution in [2.24, 2.45) is 10.7 Å². The SMILES string of the molecule is CCN(C(N)=Nc1ccccc1)c1ccc(C)cc1. The Hall–Kier alpha value is -2.29. The maximum atomic E-state index is 6.11. The van der Waals surface area contributed by atoms with E-state index in [4.69, 9.17) is 5.73 Å². The van der Waals surface area contributed by atoms with Gasteiger partial charge in [-0.1, -0.05) is 35.9 Å². The van der Waals surface area contributed by atoms with E-state index in [-0.39, 0.29) is 0 Å². The van der Waals surface area contributed by atoms with Crippen LogP contribution in [-0.2, 0) is 0 Å². The third-order valence-electron chi connectivity index (χ3n) is 2.94. The van der Waals surface area contributed by atoms with E-state index in [0.717, 1.165) is 17.9 Å². The zero-order valence-corrected chi connectivity index (χ0v) is 11.4. The predicted octanol–water partition coefficient (Wildman–Crippen LogP) is 3.47. The van der Waals surface area contributed by atoms with E-state index in [0.29, 0.717) is 5.96 Å². The number of aryl methyl sites for hydroxylation is 1. The molecule has 0 atom stereocenters. The highest BCUT2D eigenvalue weighted by Crippen LogP contribution is 2.16. The zero-order chi connectivity index (χ0) is 13.7. The van der Waals surface area contributed by atoms with Crippen LogP contribution < -0.4 is 10.6 Å². The second-order valence-corrected chi connectivity index (χ2v) is 4.39. The van der Waals surface area contributed by atoms with Crippen molar-refractivity contribution in [3.05, 3.63) is 60.2 Å². The molecule has 0 fully saturated rings. The monoisotopic (exact) mass is 253 g/mol. The van der Waals surface area contributed by atoms with Crippen LogP contribution in [0.2, 0.25) is 0 Å². The Morgan fingerprint density at radius 1 is 1.05 bits per heavy atom. The molecular weight excluding hydrogens is 234 g/mol. The highest BCUT2D eigenvalue weighted by atomic mass is 15.2. The van der Waals surface area contributed by atoms with Crippen LogP contribution in [0.5, 0.6) is 0 Å². The summed E-state index contributed by atoms with van der Waals surface area (Å²) in [6.45, 7) is 4.92. The van der Waals surface area contributed by atoms with Gasteiger partial charge in [-0.2, -0.15) is 0 Å². The lowest BCUT2D eigenvalue weighted by Gasteiger charge is -2.22. The summed E-state index contributed by atoms with van der Waals surface area (Å²) in [5, 5.41) is 0. The Bertz CT molecular complexity index is 544. The van der Waals surface area contributed by atoms with Crippen molar-refractivity contribution in [2.45, 2.75) is 13.8 Å². The maximum Gasteiger partial charge on any atom is 0.201 e. The summed E-state index contributed by atoms with van der Waals surface area (Å²) in [5.41, 5.74) is 9.27. The summed E-state index contributed by atoms with van der Waals surface area (Å²) in [6.07, 6.45) is 0. The number of guanidine groups is 1. The van der Waals surface area contributed by atoms with Crippen molar-refractivity contribution >= 4 is 17.3 Å². The highest BCUT2D eigenvalue weighted by Gasteiger charge is 2.08. The van der Waals surface area contributed by atoms with E-state index in [1.165, 1.54) is 5.56 Å². The van der Waals surface area contributed by atoms with Gasteiger partial charge in [0.1, 0.15) is 0 Å². The number of hydrogen-bond donors (Lipinski definition) is 1. The smallest absolute Gasteiger partial charge is 0.201 e. The first-order valence-corrected chi connectivity index (χ1v) is 6.44. The van der Waals surface area contributed by atoms with Crippen molar-refractivity contribution in [3.63, 3.8) is 0 Å². The lowest BCUT2D eigenvalue weighted by molar-refractivity contribution is 1.04. The molecule has 0 spiro atoms. The Balaban J connectivity index is 2.26. The summed E-state index contributed by atoms with van der Waals surface area (Å²) in [4.78, 5) is 6.44. The van der Waals surface area contributed by atoms with Crippen LogP contribution in [0.4, 0.5) is 11.4 Å². The second-order valence-electron chi connectivity index (χ2n) is 4.39. The fourth-order valence-electron chi connectivity index (χ4n) is 1.90. The van der Waals surface area contributed by atoms with Crippen molar-refractivity contribution in [1.29, 1.82) is 0 Å². The number of nitrogens with zero attached hydrogens (tertiary/aromatic N) is 2. The Labute approximate surface area is 114 Å². The van der Waals surface area contributed by atoms with Crippen LogP contribution in [0.15, 0.2) is 59.6 Å². The Kier molecular flexibility index (Phi) is 4.18. The molecule has 0 bridgehead atoms. The quantitative estimate of drug-likeness (QED) is 0.672. The van der Waals surface area contributed by atoms with Crippen LogP contribution in [0.3, 0.4) is 0 Å². The molecule has 3 heteroatoms. The molecule has 0 amide bonds. The summed E-state index contributed by atoms with van der Waals surface area (Å²) in [6, 6.07) is 18.0. The normalized spacial score (nSPS) is 11.4. The van der Waals surface area contributed by atoms with Gasteiger partial charge in [-0.3, -0.25) is 0 Å². The molecule has 0 unspecified atom stereocenters. The standard InChI is InChI=1S/C16H19N3/c1-3-19(15-11-9-13(2)10-12-15)16(17)18-14-7-5-4-6-8-14/h4-12H,3H2,1-2H3,(H2,17,18). The van der Waals surface area contributed by atoms with E-state index in [9.17, 15) is 0 Å². The first-order valence-electron chi connectivity index (χ1n) is 6.44. The topological polar surface area (TPSA) is 41.6 Å². The summed E-state index contributed by atoms with van der Waals surface area (Å²) in [7, 11) is 0. The zero-order valence-electron chi connectivity index (χ0n) is 11.4. The van der Waals surface area contributed by atoms with E-state index in [1.807, 2.05) is 35.2 Å². The van der Waals surface area contributed by atoms with Crippen molar-refractivity contribution in [2.75, 3.05) is 11.4 Å². The molecule has 2 rings (SSSR count). The van der Waals surface area contributed by atoms with E-state index >= 15 is 0 Å². The Morgan fingerprint density at radius 3 is 2.26 bits per heavy atom. The molecular formula is C16H19N3. The molecule has 0 aliphatic heterocycles. The van der Waals surface area contributed by atoms with Crippen LogP contribution >= 0.6 is 0 Å². The molecule has 0 aromatic heterocycles. The Morgan fingerprint density at radius 2 is 1.68 bits per heavy atom. The molecule has 0 saturated heterocycles. The average molecular weight is 253 g/mol. The van der Waals surface area contributed by atoms with Gasteiger partial charge < -0.3 is 10.6 Å². The number of hydrogen-bond acceptors (Lipinski definition) is 1. The van der Waals surface area contributed by atoms with Crippen LogP contribution in [-0.4, -0.2) is 12.5 Å². The number of aliphatic imine (C=N–C) groups is 1. The van der Waals surface area contributed by atoms with Crippen LogP contribution in [0.25, 0.3) is 0 Å². The van der Waals surface area contributed by atoms with Gasteiger partial charge in [-0.25, -0.2) is 4.99 Å². The van der Waals surface area contributed by atoms with Gasteiger partial charge in [0, 0.05) is 12.2 Å². The molecule has 0 saturated carbocycles. The molecule has 98 valence electrons. The van der Waals surface area contributed by atoms with Crippen molar-refractivity contribution in [3.8, 4) is 0 Å². The number of benzene rings is 2. The maximum absolute atomic E-state index is 6.11. The minimum Gasteiger partial charge on any atom is -0.369 e. The van der Waals surface area contributed by atoms with Gasteiger partial charge >= 0.3 is 0 Å². The molecule has 2 aromatic rings. The van der Waals surface area contributed by atoms with E-state index < -0.39 is 0 Å². The molecule has 19 heavy (non-hydrogen) atoms. The number of nitrogens with two attached hydrogens (primary N) is 1. The lowest BCUT2D eigenvalue weighted by Crippen LogP contribution is -2.37. The average Bonchev–Trinajstić information content (AvgIpc) is 2.43. The summed E-state index contributed by atoms with van der Waals surface area (Å²) in [5.74, 6) is 0.512. The summed E-state index contributed by atoms with van der Waals surface area (Å²) < 4.78 is 0. The highest BCUT2D eigenvalue weighted by molar-refractivity contribution is 5.96. The van der Waals surface area contributed by atoms with Crippen molar-refractivity contribution in [1.82, 2.24) is 0 Å². The van der Waals surface area contributed by atoms with E-state index in [2.05, 4.69) is 43.1 Å². The van der Waals surface area contributed by atoms with Crippen molar-refractivity contribution < 1.29 is 0 Å². The molecule has 0 radical (unpaired) electrons. The molecule has 2 aromatic carbocycles. The van der Waals surface area contributed by atoms with E-state index in [1.54, 1.807) is 0 Å². The summed E-state index contributed by atoms with van der Waals surface area (Å²) >= 11 is 0. The minimum absolute atomic E-state index is 0.512. The predicted molar refractivity (Wildman–Crippen MR) is 81.9 cm³/mol. The van der Waals surface area contributed by atoms with Gasteiger partial charge in [0.15, 0.2) is 0 Å². The third kappa shape index (κ3) is 3.35. The minimum atomic E-state index is 0.512. The molecule has 0 heterocycles. The fourth-order valence-corrected chi connectivity index (χ4v) is 1.90. The van der Waals surface area contributed by atoms with Gasteiger partial charge in [-0.15, -0.1) is 0 Å². The van der Waals surface area contributed by atoms with Crippen LogP contribution in [0.1, 0.15) is 12.5 Å². The second kappa shape index (κ2) is 6.05. The van der Waals surface area contributed by atoms with Gasteiger partial charge in [0.25, 0.3) is 0 Å².